The van der Waals surface area contributed by atoms with Crippen LogP contribution in [0.4, 0.5) is 4.39 Å². The van der Waals surface area contributed by atoms with Crippen LogP contribution in [0.15, 0.2) is 18.3 Å². The maximum Gasteiger partial charge on any atom is 0.141 e. The molecule has 17 heavy (non-hydrogen) atoms. The molecule has 2 unspecified atom stereocenters. The van der Waals surface area contributed by atoms with Crippen LogP contribution in [0, 0.1) is 5.82 Å². The number of nitrogens with two attached hydrogens (primary N) is 1. The van der Waals surface area contributed by atoms with Gasteiger partial charge in [-0.25, -0.2) is 4.39 Å². The average Bonchev–Trinajstić information content (AvgIpc) is 2.69. The molecule has 5 heteroatoms. The van der Waals surface area contributed by atoms with Crippen LogP contribution in [-0.4, -0.2) is 49.3 Å². The zero-order valence-corrected chi connectivity index (χ0v) is 9.97. The van der Waals surface area contributed by atoms with E-state index in [9.17, 15) is 4.39 Å². The van der Waals surface area contributed by atoms with E-state index < -0.39 is 0 Å². The van der Waals surface area contributed by atoms with Crippen LogP contribution < -0.4 is 5.73 Å². The van der Waals surface area contributed by atoms with Gasteiger partial charge in [-0.15, -0.1) is 0 Å². The van der Waals surface area contributed by atoms with Crippen molar-refractivity contribution >= 4 is 0 Å². The second-order valence-electron chi connectivity index (χ2n) is 4.42. The Bertz CT molecular complexity index is 357. The van der Waals surface area contributed by atoms with Gasteiger partial charge in [0, 0.05) is 44.4 Å². The van der Waals surface area contributed by atoms with Crippen molar-refractivity contribution in [3.05, 3.63) is 29.8 Å². The smallest absolute Gasteiger partial charge is 0.141 e. The maximum atomic E-state index is 12.8. The molecule has 0 saturated carbocycles. The van der Waals surface area contributed by atoms with Crippen LogP contribution >= 0.6 is 0 Å². The first kappa shape index (κ1) is 12.4. The Hall–Kier alpha value is -1.04. The van der Waals surface area contributed by atoms with E-state index in [0.717, 1.165) is 25.3 Å². The first-order chi connectivity index (χ1) is 8.20. The number of rotatable bonds is 4. The topological polar surface area (TPSA) is 51.4 Å². The molecule has 1 aromatic rings. The van der Waals surface area contributed by atoms with E-state index in [2.05, 4.69) is 9.88 Å². The number of pyridine rings is 1. The van der Waals surface area contributed by atoms with Gasteiger partial charge in [0.2, 0.25) is 0 Å². The van der Waals surface area contributed by atoms with E-state index in [4.69, 9.17) is 10.5 Å². The standard InChI is InChI=1S/C12H18FN3O/c1-17-5-4-16-7-10(11(14)8-16)12-3-2-9(13)6-15-12/h2-3,6,10-11H,4-5,7-8,14H2,1H3. The van der Waals surface area contributed by atoms with Crippen molar-refractivity contribution in [3.8, 4) is 0 Å². The first-order valence-corrected chi connectivity index (χ1v) is 5.79. The van der Waals surface area contributed by atoms with Crippen LogP contribution in [0.2, 0.25) is 0 Å². The van der Waals surface area contributed by atoms with Crippen LogP contribution in [0.5, 0.6) is 0 Å². The average molecular weight is 239 g/mol. The molecule has 4 nitrogen and oxygen atoms in total. The lowest BCUT2D eigenvalue weighted by molar-refractivity contribution is 0.159. The summed E-state index contributed by atoms with van der Waals surface area (Å²) in [4.78, 5) is 6.37. The molecule has 1 aliphatic heterocycles. The monoisotopic (exact) mass is 239 g/mol. The van der Waals surface area contributed by atoms with Crippen molar-refractivity contribution in [2.24, 2.45) is 5.73 Å². The van der Waals surface area contributed by atoms with Gasteiger partial charge in [0.25, 0.3) is 0 Å². The molecule has 2 rings (SSSR count). The third-order valence-corrected chi connectivity index (χ3v) is 3.18. The molecular weight excluding hydrogens is 221 g/mol. The normalized spacial score (nSPS) is 25.4. The van der Waals surface area contributed by atoms with Gasteiger partial charge < -0.3 is 10.5 Å². The van der Waals surface area contributed by atoms with Gasteiger partial charge in [-0.3, -0.25) is 9.88 Å². The van der Waals surface area contributed by atoms with Gasteiger partial charge in [-0.05, 0) is 12.1 Å². The Morgan fingerprint density at radius 2 is 2.35 bits per heavy atom. The molecule has 1 saturated heterocycles. The number of methoxy groups -OCH3 is 1. The molecule has 2 heterocycles. The van der Waals surface area contributed by atoms with Crippen LogP contribution in [0.25, 0.3) is 0 Å². The van der Waals surface area contributed by atoms with E-state index in [-0.39, 0.29) is 17.8 Å². The fraction of sp³-hybridized carbons (Fsp3) is 0.583. The number of nitrogens with zero attached hydrogens (tertiary/aromatic N) is 2. The number of ether oxygens (including phenoxy) is 1. The van der Waals surface area contributed by atoms with Gasteiger partial charge >= 0.3 is 0 Å². The summed E-state index contributed by atoms with van der Waals surface area (Å²) in [6.07, 6.45) is 1.25. The lowest BCUT2D eigenvalue weighted by Crippen LogP contribution is -2.30. The second-order valence-corrected chi connectivity index (χ2v) is 4.42. The minimum absolute atomic E-state index is 0.0600. The minimum Gasteiger partial charge on any atom is -0.383 e. The molecule has 0 spiro atoms. The van der Waals surface area contributed by atoms with Crippen molar-refractivity contribution in [2.75, 3.05) is 33.4 Å². The van der Waals surface area contributed by atoms with Gasteiger partial charge in [-0.2, -0.15) is 0 Å². The maximum absolute atomic E-state index is 12.8. The molecule has 0 amide bonds. The molecule has 2 atom stereocenters. The van der Waals surface area contributed by atoms with Crippen LogP contribution in [0.1, 0.15) is 11.6 Å². The molecule has 0 bridgehead atoms. The van der Waals surface area contributed by atoms with Crippen molar-refractivity contribution in [2.45, 2.75) is 12.0 Å². The Morgan fingerprint density at radius 1 is 1.53 bits per heavy atom. The summed E-state index contributed by atoms with van der Waals surface area (Å²) in [6, 6.07) is 3.22. The minimum atomic E-state index is -0.309. The Morgan fingerprint density at radius 3 is 3.00 bits per heavy atom. The molecular formula is C12H18FN3O. The number of hydrogen-bond donors (Lipinski definition) is 1. The summed E-state index contributed by atoms with van der Waals surface area (Å²) < 4.78 is 17.8. The quantitative estimate of drug-likeness (QED) is 0.835. The van der Waals surface area contributed by atoms with Crippen molar-refractivity contribution in [3.63, 3.8) is 0 Å². The third kappa shape index (κ3) is 3.00. The molecule has 2 N–H and O–H groups in total. The number of hydrogen-bond acceptors (Lipinski definition) is 4. The van der Waals surface area contributed by atoms with E-state index in [0.29, 0.717) is 6.61 Å². The fourth-order valence-corrected chi connectivity index (χ4v) is 2.24. The van der Waals surface area contributed by atoms with E-state index in [1.807, 2.05) is 0 Å². The van der Waals surface area contributed by atoms with Gasteiger partial charge in [0.1, 0.15) is 5.82 Å². The molecule has 1 fully saturated rings. The molecule has 1 aliphatic rings. The molecule has 94 valence electrons. The molecule has 0 aliphatic carbocycles. The highest BCUT2D eigenvalue weighted by molar-refractivity contribution is 5.16. The Balaban J connectivity index is 2.00. The van der Waals surface area contributed by atoms with Gasteiger partial charge in [-0.1, -0.05) is 0 Å². The number of halogens is 1. The fourth-order valence-electron chi connectivity index (χ4n) is 2.24. The summed E-state index contributed by atoms with van der Waals surface area (Å²) in [5, 5.41) is 0. The molecule has 0 aromatic carbocycles. The largest absolute Gasteiger partial charge is 0.383 e. The number of likely N-dealkylation sites (tertiary alicyclic amines) is 1. The SMILES string of the molecule is COCCN1CC(N)C(c2ccc(F)cn2)C1. The summed E-state index contributed by atoms with van der Waals surface area (Å²) in [6.45, 7) is 3.29. The highest BCUT2D eigenvalue weighted by Gasteiger charge is 2.31. The molecule has 1 aromatic heterocycles. The third-order valence-electron chi connectivity index (χ3n) is 3.18. The number of aromatic nitrogens is 1. The van der Waals surface area contributed by atoms with Crippen LogP contribution in [-0.2, 0) is 4.74 Å². The Kier molecular flexibility index (Phi) is 4.04. The van der Waals surface area contributed by atoms with Crippen LogP contribution in [0.3, 0.4) is 0 Å². The summed E-state index contributed by atoms with van der Waals surface area (Å²) >= 11 is 0. The predicted molar refractivity (Wildman–Crippen MR) is 63.2 cm³/mol. The first-order valence-electron chi connectivity index (χ1n) is 5.79. The van der Waals surface area contributed by atoms with Crippen molar-refractivity contribution < 1.29 is 9.13 Å². The zero-order valence-electron chi connectivity index (χ0n) is 9.97. The van der Waals surface area contributed by atoms with Gasteiger partial charge in [0.05, 0.1) is 12.8 Å². The predicted octanol–water partition coefficient (Wildman–Crippen LogP) is 0.594. The van der Waals surface area contributed by atoms with E-state index >= 15 is 0 Å². The van der Waals surface area contributed by atoms with E-state index in [1.165, 1.54) is 12.3 Å². The Labute approximate surface area is 101 Å². The summed E-state index contributed by atoms with van der Waals surface area (Å²) in [5.74, 6) is -0.121. The van der Waals surface area contributed by atoms with E-state index in [1.54, 1.807) is 13.2 Å². The van der Waals surface area contributed by atoms with Crippen molar-refractivity contribution in [1.29, 1.82) is 0 Å². The second kappa shape index (κ2) is 5.53. The lowest BCUT2D eigenvalue weighted by Gasteiger charge is -2.14. The van der Waals surface area contributed by atoms with Gasteiger partial charge in [0.15, 0.2) is 0 Å². The molecule has 0 radical (unpaired) electrons. The zero-order chi connectivity index (χ0) is 12.3. The summed E-state index contributed by atoms with van der Waals surface area (Å²) in [7, 11) is 1.69. The van der Waals surface area contributed by atoms with Crippen molar-refractivity contribution in [1.82, 2.24) is 9.88 Å². The highest BCUT2D eigenvalue weighted by atomic mass is 19.1. The highest BCUT2D eigenvalue weighted by Crippen LogP contribution is 2.24. The lowest BCUT2D eigenvalue weighted by atomic mass is 10.00. The summed E-state index contributed by atoms with van der Waals surface area (Å²) in [5.41, 5.74) is 6.97.